The quantitative estimate of drug-likeness (QED) is 0.0282. The van der Waals surface area contributed by atoms with Gasteiger partial charge < -0.3 is 46.6 Å². The molecule has 12 heterocycles. The molecule has 15 rings (SSSR count). The summed E-state index contributed by atoms with van der Waals surface area (Å²) in [4.78, 5) is 117. The normalized spacial score (nSPS) is 13.4. The van der Waals surface area contributed by atoms with E-state index in [0.717, 1.165) is 4.57 Å². The van der Waals surface area contributed by atoms with Crippen molar-refractivity contribution in [3.63, 3.8) is 0 Å². The molecule has 0 spiro atoms. The molecule has 3 saturated heterocycles. The fourth-order valence-electron chi connectivity index (χ4n) is 16.6. The molecule has 3 aliphatic rings. The smallest absolute Gasteiger partial charge is 0.276 e. The first-order valence-electron chi connectivity index (χ1n) is 41.3. The van der Waals surface area contributed by atoms with Crippen LogP contribution in [0.4, 0.5) is 69.2 Å². The molecule has 0 radical (unpaired) electrons. The molecule has 6 N–H and O–H groups in total. The van der Waals surface area contributed by atoms with Crippen molar-refractivity contribution >= 4 is 166 Å². The van der Waals surface area contributed by atoms with Crippen LogP contribution in [0.1, 0.15) is 110 Å². The predicted molar refractivity (Wildman–Crippen MR) is 507 cm³/mol. The number of rotatable bonds is 15. The molecule has 3 aromatic carbocycles. The summed E-state index contributed by atoms with van der Waals surface area (Å²) in [7, 11) is 0. The Morgan fingerprint density at radius 1 is 0.378 bits per heavy atom. The van der Waals surface area contributed by atoms with Crippen molar-refractivity contribution in [3.8, 4) is 69.0 Å². The largest absolute Gasteiger partial charge is 0.397 e. The molecule has 27 nitrogen and oxygen atoms in total. The molecular weight excluding hydrogens is 1910 g/mol. The van der Waals surface area contributed by atoms with Crippen LogP contribution in [-0.2, 0) is 14.4 Å². The van der Waals surface area contributed by atoms with Gasteiger partial charge in [-0.05, 0) is 110 Å². The van der Waals surface area contributed by atoms with Gasteiger partial charge in [-0.25, -0.2) is 50.1 Å². The summed E-state index contributed by atoms with van der Waals surface area (Å²) < 4.78 is 120. The fourth-order valence-corrected chi connectivity index (χ4v) is 18.3. The van der Waals surface area contributed by atoms with E-state index in [1.807, 2.05) is 57.4 Å². The SMILES string of the molecule is C=CC(=O)N1CCN(c2c(C#N)c(=O)n(-c3c(C)ccnc3C(C)C)c3nc(-c4c(Cl)c(N)c(F)c(F)c4Cl)c(Cl)cc23)CC1.C=CC(=O)N1CCN(c2c(C#N)c(=O)n(-c3c(C)ccnc3C(C)C)c3nc(-c4c(N)c(Cl)c(F)c(F)c4Cl)c(Cl)cc23)CC1.C=CC(=O)N1CCN(c2c(C#N)c(=O)n(-c3c(C)ccnc3C(C)C)c3nc(-c4c(N)c(F)c(F)c(F)c4F)c(Cl)cc23)CC1. The number of nitrogens with two attached hydrogens (primary N) is 3. The van der Waals surface area contributed by atoms with E-state index in [9.17, 15) is 75.3 Å². The fraction of sp³-hybridized carbons (Fsp3) is 0.258. The molecular formula is C93H78Cl7F8N21O6. The maximum absolute atomic E-state index is 15.2. The van der Waals surface area contributed by atoms with Gasteiger partial charge in [0, 0.05) is 124 Å². The van der Waals surface area contributed by atoms with Crippen molar-refractivity contribution in [2.45, 2.75) is 80.1 Å². The number of carbonyl (C=O) groups excluding carboxylic acids is 3. The molecule has 12 aromatic rings. The Balaban J connectivity index is 0.000000171. The van der Waals surface area contributed by atoms with Crippen molar-refractivity contribution in [3.05, 3.63) is 256 Å². The number of benzene rings is 3. The van der Waals surface area contributed by atoms with E-state index >= 15 is 4.39 Å². The first-order valence-corrected chi connectivity index (χ1v) is 43.9. The topological polar surface area (TPSA) is 363 Å². The summed E-state index contributed by atoms with van der Waals surface area (Å²) >= 11 is 45.0. The number of hydrogen-bond donors (Lipinski definition) is 3. The highest BCUT2D eigenvalue weighted by atomic mass is 35.5. The van der Waals surface area contributed by atoms with Gasteiger partial charge in [-0.15, -0.1) is 0 Å². The van der Waals surface area contributed by atoms with Gasteiger partial charge in [-0.2, -0.15) is 15.8 Å². The number of nitrogen functional groups attached to an aromatic ring is 3. The Hall–Kier alpha value is -13.4. The lowest BCUT2D eigenvalue weighted by Crippen LogP contribution is -2.49. The highest BCUT2D eigenvalue weighted by molar-refractivity contribution is 6.43. The molecule has 696 valence electrons. The minimum atomic E-state index is -2.12. The summed E-state index contributed by atoms with van der Waals surface area (Å²) in [5.74, 6) is -14.9. The van der Waals surface area contributed by atoms with E-state index in [4.69, 9.17) is 108 Å². The number of hydrogen-bond acceptors (Lipinski definition) is 21. The lowest BCUT2D eigenvalue weighted by Gasteiger charge is -2.36. The molecule has 0 unspecified atom stereocenters. The summed E-state index contributed by atoms with van der Waals surface area (Å²) in [5.41, 5.74) is 15.4. The second-order valence-electron chi connectivity index (χ2n) is 32.2. The Kier molecular flexibility index (Phi) is 29.1. The van der Waals surface area contributed by atoms with Gasteiger partial charge in [-0.1, -0.05) is 142 Å². The molecule has 3 amide bonds. The second kappa shape index (κ2) is 39.6. The Bertz CT molecular complexity index is 6650. The van der Waals surface area contributed by atoms with Gasteiger partial charge in [0.1, 0.15) is 56.9 Å². The number of fused-ring (bicyclic) bond motifs is 3. The van der Waals surface area contributed by atoms with Crippen molar-refractivity contribution in [2.75, 3.05) is 110 Å². The van der Waals surface area contributed by atoms with Crippen LogP contribution in [0.3, 0.4) is 0 Å². The summed E-state index contributed by atoms with van der Waals surface area (Å²) in [6.07, 6.45) is 8.42. The van der Waals surface area contributed by atoms with Crippen LogP contribution in [0.5, 0.6) is 0 Å². The van der Waals surface area contributed by atoms with E-state index in [1.165, 1.54) is 45.6 Å². The number of nitriles is 3. The van der Waals surface area contributed by atoms with Gasteiger partial charge in [0.2, 0.25) is 17.7 Å². The third-order valence-electron chi connectivity index (χ3n) is 23.2. The molecule has 0 bridgehead atoms. The molecule has 0 atom stereocenters. The number of aryl methyl sites for hydroxylation is 3. The lowest BCUT2D eigenvalue weighted by molar-refractivity contribution is -0.127. The van der Waals surface area contributed by atoms with E-state index in [0.29, 0.717) is 82.1 Å². The van der Waals surface area contributed by atoms with Crippen LogP contribution in [0.2, 0.25) is 35.2 Å². The average molecular weight is 1990 g/mol. The Morgan fingerprint density at radius 3 is 0.956 bits per heavy atom. The van der Waals surface area contributed by atoms with Gasteiger partial charge in [0.15, 0.2) is 46.5 Å². The van der Waals surface area contributed by atoms with Crippen LogP contribution in [-0.4, -0.2) is 155 Å². The molecule has 135 heavy (non-hydrogen) atoms. The maximum Gasteiger partial charge on any atom is 0.276 e. The molecule has 3 fully saturated rings. The van der Waals surface area contributed by atoms with Crippen molar-refractivity contribution in [2.24, 2.45) is 0 Å². The maximum atomic E-state index is 15.2. The monoisotopic (exact) mass is 1980 g/mol. The van der Waals surface area contributed by atoms with E-state index in [2.05, 4.69) is 51.8 Å². The average Bonchev–Trinajstić information content (AvgIpc) is 0.728. The first-order chi connectivity index (χ1) is 64.0. The highest BCUT2D eigenvalue weighted by Crippen LogP contribution is 2.50. The third-order valence-corrected chi connectivity index (χ3v) is 25.5. The summed E-state index contributed by atoms with van der Waals surface area (Å²) in [6.45, 7) is 30.5. The zero-order valence-electron chi connectivity index (χ0n) is 73.2. The first kappa shape index (κ1) is 99.0. The number of nitrogens with zero attached hydrogens (tertiary/aromatic N) is 18. The Morgan fingerprint density at radius 2 is 0.652 bits per heavy atom. The molecule has 9 aromatic heterocycles. The minimum Gasteiger partial charge on any atom is -0.397 e. The number of anilines is 6. The van der Waals surface area contributed by atoms with Gasteiger partial charge in [0.25, 0.3) is 16.7 Å². The van der Waals surface area contributed by atoms with Crippen molar-refractivity contribution < 1.29 is 49.5 Å². The van der Waals surface area contributed by atoms with Crippen LogP contribution in [0, 0.1) is 101 Å². The van der Waals surface area contributed by atoms with E-state index < -0.39 is 112 Å². The predicted octanol–water partition coefficient (Wildman–Crippen LogP) is 18.2. The zero-order valence-corrected chi connectivity index (χ0v) is 78.5. The van der Waals surface area contributed by atoms with Gasteiger partial charge in [-0.3, -0.25) is 57.4 Å². The van der Waals surface area contributed by atoms with Crippen molar-refractivity contribution in [1.29, 1.82) is 15.8 Å². The number of halogens is 15. The van der Waals surface area contributed by atoms with Gasteiger partial charge in [0.05, 0.1) is 121 Å². The standard InChI is InChI=1S/2C31H26Cl3F2N7O2.C31H26ClF4N7O2/c1-5-19(44)41-8-10-42(11-9-41)29-16-12-18(32)27(20-21(33)23(35)24(36)22(34)25(20)38)40-30(16)43(31(45)17(29)13-37)28-15(4)6-7-39-26(28)14(2)3;1-5-19(44)41-8-10-42(11-9-41)29-16-12-18(32)27(20-21(33)23(35)24(36)25(38)22(20)34)40-30(16)43(31(45)17(29)13-37)28-15(4)6-7-39-26(28)14(2)3;1-5-19(44)41-8-10-42(11-9-41)29-16-12-18(32)27(20-21(33)22(34)23(35)24(36)25(20)38)40-30(16)43(31(45)17(29)13-37)28-15(4)6-7-39-26(28)14(2)3/h3*5-7,12,14H,1,8-11,38H2,2-4H3. The molecule has 0 aliphatic carbocycles. The molecule has 42 heteroatoms. The minimum absolute atomic E-state index is 0.0337. The van der Waals surface area contributed by atoms with Crippen molar-refractivity contribution in [1.82, 2.24) is 58.3 Å². The van der Waals surface area contributed by atoms with Crippen LogP contribution in [0.15, 0.2) is 107 Å². The van der Waals surface area contributed by atoms with Crippen LogP contribution >= 0.6 is 81.2 Å². The number of amides is 3. The van der Waals surface area contributed by atoms with E-state index in [-0.39, 0.29) is 187 Å². The van der Waals surface area contributed by atoms with Gasteiger partial charge >= 0.3 is 0 Å². The summed E-state index contributed by atoms with van der Waals surface area (Å²) in [5, 5.41) is 28.8. The summed E-state index contributed by atoms with van der Waals surface area (Å²) in [6, 6.07) is 15.4. The third kappa shape index (κ3) is 17.6. The second-order valence-corrected chi connectivity index (χ2v) is 35.0. The zero-order chi connectivity index (χ0) is 98.7. The number of aromatic nitrogens is 9. The van der Waals surface area contributed by atoms with Crippen LogP contribution in [0.25, 0.3) is 83.9 Å². The number of carbonyl (C=O) groups is 3. The number of pyridine rings is 9. The Labute approximate surface area is 800 Å². The lowest BCUT2D eigenvalue weighted by atomic mass is 10.0. The highest BCUT2D eigenvalue weighted by Gasteiger charge is 2.38. The van der Waals surface area contributed by atoms with E-state index in [1.54, 1.807) is 77.2 Å². The molecule has 3 aliphatic heterocycles. The molecule has 0 saturated carbocycles. The number of piperazine rings is 3. The van der Waals surface area contributed by atoms with Crippen LogP contribution < -0.4 is 48.6 Å².